The number of hydrogen-bond donors (Lipinski definition) is 2. The van der Waals surface area contributed by atoms with E-state index < -0.39 is 0 Å². The zero-order valence-corrected chi connectivity index (χ0v) is 17.4. The third kappa shape index (κ3) is 5.13. The van der Waals surface area contributed by atoms with Crippen LogP contribution >= 0.6 is 12.2 Å². The molecular weight excluding hydrogens is 356 g/mol. The molecule has 0 amide bonds. The van der Waals surface area contributed by atoms with Crippen LogP contribution in [0.15, 0.2) is 42.5 Å². The first kappa shape index (κ1) is 19.5. The van der Waals surface area contributed by atoms with Crippen molar-refractivity contribution in [1.29, 1.82) is 0 Å². The highest BCUT2D eigenvalue weighted by molar-refractivity contribution is 7.80. The Hall–Kier alpha value is -2.27. The molecule has 0 aliphatic carbocycles. The molecule has 1 atom stereocenters. The van der Waals surface area contributed by atoms with Crippen molar-refractivity contribution in [3.05, 3.63) is 53.6 Å². The van der Waals surface area contributed by atoms with E-state index >= 15 is 0 Å². The Kier molecular flexibility index (Phi) is 5.61. The molecule has 0 radical (unpaired) electrons. The van der Waals surface area contributed by atoms with Gasteiger partial charge in [-0.15, -0.1) is 0 Å². The molecule has 4 nitrogen and oxygen atoms in total. The smallest absolute Gasteiger partial charge is 0.171 e. The lowest BCUT2D eigenvalue weighted by molar-refractivity contribution is 0.0696. The highest BCUT2D eigenvalue weighted by Crippen LogP contribution is 2.39. The van der Waals surface area contributed by atoms with Crippen molar-refractivity contribution in [3.63, 3.8) is 0 Å². The summed E-state index contributed by atoms with van der Waals surface area (Å²) in [5.74, 6) is 1.78. The molecule has 2 N–H and O–H groups in total. The van der Waals surface area contributed by atoms with Crippen LogP contribution in [-0.2, 0) is 0 Å². The molecule has 0 unspecified atom stereocenters. The third-order valence-corrected chi connectivity index (χ3v) is 4.64. The van der Waals surface area contributed by atoms with Gasteiger partial charge in [0.25, 0.3) is 0 Å². The number of benzene rings is 2. The highest BCUT2D eigenvalue weighted by Gasteiger charge is 2.34. The molecule has 0 saturated heterocycles. The summed E-state index contributed by atoms with van der Waals surface area (Å²) in [7, 11) is 0. The van der Waals surface area contributed by atoms with Gasteiger partial charge in [0.1, 0.15) is 17.1 Å². The molecule has 144 valence electrons. The first-order valence-electron chi connectivity index (χ1n) is 9.36. The highest BCUT2D eigenvalue weighted by atomic mass is 32.1. The lowest BCUT2D eigenvalue weighted by atomic mass is 9.89. The Balaban J connectivity index is 1.69. The Labute approximate surface area is 167 Å². The second kappa shape index (κ2) is 7.77. The summed E-state index contributed by atoms with van der Waals surface area (Å²) in [4.78, 5) is 0. The summed E-state index contributed by atoms with van der Waals surface area (Å²) in [6, 6.07) is 14.3. The zero-order valence-electron chi connectivity index (χ0n) is 16.6. The maximum Gasteiger partial charge on any atom is 0.171 e. The van der Waals surface area contributed by atoms with Crippen LogP contribution in [0, 0.1) is 6.92 Å². The lowest BCUT2D eigenvalue weighted by Crippen LogP contribution is -2.42. The van der Waals surface area contributed by atoms with Crippen molar-refractivity contribution >= 4 is 23.0 Å². The number of fused-ring (bicyclic) bond motifs is 1. The van der Waals surface area contributed by atoms with Gasteiger partial charge in [-0.05, 0) is 82.7 Å². The summed E-state index contributed by atoms with van der Waals surface area (Å²) < 4.78 is 11.8. The lowest BCUT2D eigenvalue weighted by Gasteiger charge is -2.38. The summed E-state index contributed by atoms with van der Waals surface area (Å²) in [6.45, 7) is 10.3. The van der Waals surface area contributed by atoms with Crippen LogP contribution in [0.1, 0.15) is 51.3 Å². The molecule has 1 aliphatic heterocycles. The predicted molar refractivity (Wildman–Crippen MR) is 115 cm³/mol. The van der Waals surface area contributed by atoms with Crippen molar-refractivity contribution in [1.82, 2.24) is 5.32 Å². The van der Waals surface area contributed by atoms with Gasteiger partial charge in [-0.2, -0.15) is 0 Å². The monoisotopic (exact) mass is 384 g/mol. The Morgan fingerprint density at radius 1 is 1.19 bits per heavy atom. The van der Waals surface area contributed by atoms with Gasteiger partial charge in [0, 0.05) is 17.7 Å². The molecule has 0 bridgehead atoms. The standard InChI is InChI=1S/C22H28N2O2S/c1-14(2)25-17-9-7-16(8-10-17)23-21(27)24-19-13-22(4,5)26-20-12-15(3)6-11-18(19)20/h6-12,14,19H,13H2,1-5H3,(H2,23,24,27)/t19-/m0/s1. The largest absolute Gasteiger partial charge is 0.491 e. The zero-order chi connectivity index (χ0) is 19.6. The number of nitrogens with one attached hydrogen (secondary N) is 2. The molecule has 2 aromatic carbocycles. The molecule has 0 fully saturated rings. The van der Waals surface area contributed by atoms with Crippen LogP contribution < -0.4 is 20.1 Å². The van der Waals surface area contributed by atoms with E-state index in [1.54, 1.807) is 0 Å². The quantitative estimate of drug-likeness (QED) is 0.694. The molecule has 0 spiro atoms. The van der Waals surface area contributed by atoms with E-state index in [-0.39, 0.29) is 17.7 Å². The van der Waals surface area contributed by atoms with E-state index in [9.17, 15) is 0 Å². The summed E-state index contributed by atoms with van der Waals surface area (Å²) in [6.07, 6.45) is 0.999. The Bertz CT molecular complexity index is 816. The minimum absolute atomic E-state index is 0.105. The minimum Gasteiger partial charge on any atom is -0.491 e. The molecule has 1 heterocycles. The molecular formula is C22H28N2O2S. The number of thiocarbonyl (C=S) groups is 1. The van der Waals surface area contributed by atoms with Crippen molar-refractivity contribution in [2.45, 2.75) is 58.8 Å². The van der Waals surface area contributed by atoms with Crippen LogP contribution in [-0.4, -0.2) is 16.8 Å². The molecule has 2 aromatic rings. The first-order valence-corrected chi connectivity index (χ1v) is 9.76. The van der Waals surface area contributed by atoms with Gasteiger partial charge in [0.05, 0.1) is 12.1 Å². The Morgan fingerprint density at radius 3 is 2.56 bits per heavy atom. The SMILES string of the molecule is Cc1ccc2c(c1)OC(C)(C)C[C@@H]2NC(=S)Nc1ccc(OC(C)C)cc1. The first-order chi connectivity index (χ1) is 12.7. The average molecular weight is 385 g/mol. The van der Waals surface area contributed by atoms with E-state index in [0.29, 0.717) is 5.11 Å². The van der Waals surface area contributed by atoms with Crippen LogP contribution in [0.25, 0.3) is 0 Å². The molecule has 27 heavy (non-hydrogen) atoms. The van der Waals surface area contributed by atoms with Gasteiger partial charge < -0.3 is 20.1 Å². The number of rotatable bonds is 4. The summed E-state index contributed by atoms with van der Waals surface area (Å²) >= 11 is 5.56. The van der Waals surface area contributed by atoms with Gasteiger partial charge in [-0.3, -0.25) is 0 Å². The normalized spacial score (nSPS) is 17.6. The van der Waals surface area contributed by atoms with Crippen molar-refractivity contribution in [2.75, 3.05) is 5.32 Å². The van der Waals surface area contributed by atoms with Crippen LogP contribution in [0.4, 0.5) is 5.69 Å². The van der Waals surface area contributed by atoms with Crippen LogP contribution in [0.3, 0.4) is 0 Å². The van der Waals surface area contributed by atoms with Gasteiger partial charge in [-0.25, -0.2) is 0 Å². The van der Waals surface area contributed by atoms with Crippen LogP contribution in [0.2, 0.25) is 0 Å². The van der Waals surface area contributed by atoms with E-state index in [2.05, 4.69) is 49.6 Å². The number of aryl methyl sites for hydroxylation is 1. The van der Waals surface area contributed by atoms with Crippen molar-refractivity contribution < 1.29 is 9.47 Å². The molecule has 5 heteroatoms. The number of ether oxygens (including phenoxy) is 2. The maximum absolute atomic E-state index is 6.16. The van der Waals surface area contributed by atoms with Gasteiger partial charge in [-0.1, -0.05) is 12.1 Å². The van der Waals surface area contributed by atoms with Crippen LogP contribution in [0.5, 0.6) is 11.5 Å². The molecule has 1 aliphatic rings. The second-order valence-corrected chi connectivity index (χ2v) is 8.36. The number of anilines is 1. The van der Waals surface area contributed by atoms with Crippen molar-refractivity contribution in [2.24, 2.45) is 0 Å². The fraction of sp³-hybridized carbons (Fsp3) is 0.409. The molecule has 0 aromatic heterocycles. The third-order valence-electron chi connectivity index (χ3n) is 4.42. The van der Waals surface area contributed by atoms with E-state index in [0.717, 1.165) is 29.2 Å². The predicted octanol–water partition coefficient (Wildman–Crippen LogP) is 5.37. The van der Waals surface area contributed by atoms with E-state index in [1.807, 2.05) is 38.1 Å². The van der Waals surface area contributed by atoms with E-state index in [4.69, 9.17) is 21.7 Å². The second-order valence-electron chi connectivity index (χ2n) is 7.95. The molecule has 3 rings (SSSR count). The van der Waals surface area contributed by atoms with Gasteiger partial charge >= 0.3 is 0 Å². The number of hydrogen-bond acceptors (Lipinski definition) is 3. The summed E-state index contributed by atoms with van der Waals surface area (Å²) in [5, 5.41) is 7.32. The fourth-order valence-electron chi connectivity index (χ4n) is 3.30. The van der Waals surface area contributed by atoms with Gasteiger partial charge in [0.2, 0.25) is 0 Å². The van der Waals surface area contributed by atoms with Crippen molar-refractivity contribution in [3.8, 4) is 11.5 Å². The molecule has 0 saturated carbocycles. The van der Waals surface area contributed by atoms with E-state index in [1.165, 1.54) is 5.56 Å². The topological polar surface area (TPSA) is 42.5 Å². The summed E-state index contributed by atoms with van der Waals surface area (Å²) in [5.41, 5.74) is 3.02. The fourth-order valence-corrected chi connectivity index (χ4v) is 3.56. The minimum atomic E-state index is -0.246. The maximum atomic E-state index is 6.16. The Morgan fingerprint density at radius 2 is 1.89 bits per heavy atom. The van der Waals surface area contributed by atoms with Gasteiger partial charge in [0.15, 0.2) is 5.11 Å². The average Bonchev–Trinajstić information content (AvgIpc) is 2.54.